The molecule has 1 fully saturated rings. The van der Waals surface area contributed by atoms with Crippen LogP contribution in [0.15, 0.2) is 42.5 Å². The quantitative estimate of drug-likeness (QED) is 0.741. The molecule has 2 aromatic rings. The van der Waals surface area contributed by atoms with Gasteiger partial charge in [0.1, 0.15) is 11.9 Å². The number of rotatable bonds is 3. The molecular weight excluding hydrogens is 375 g/mol. The van der Waals surface area contributed by atoms with Crippen LogP contribution in [0, 0.1) is 5.82 Å². The first-order valence-corrected chi connectivity index (χ1v) is 9.66. The molecule has 2 aliphatic rings. The molecule has 152 valence electrons. The second-order valence-corrected chi connectivity index (χ2v) is 7.08. The largest absolute Gasteiger partial charge is 0.366 e. The van der Waals surface area contributed by atoms with Crippen molar-refractivity contribution in [2.24, 2.45) is 0 Å². The molecule has 1 unspecified atom stereocenters. The summed E-state index contributed by atoms with van der Waals surface area (Å²) in [5.74, 6) is -0.509. The minimum atomic E-state index is -0.510. The second kappa shape index (κ2) is 8.59. The topological polar surface area (TPSA) is 82.7 Å². The number of benzene rings is 2. The van der Waals surface area contributed by atoms with Crippen molar-refractivity contribution in [3.63, 3.8) is 0 Å². The monoisotopic (exact) mass is 398 g/mol. The number of morpholine rings is 1. The van der Waals surface area contributed by atoms with Crippen LogP contribution in [0.4, 0.5) is 20.6 Å². The fourth-order valence-electron chi connectivity index (χ4n) is 3.68. The molecule has 2 aromatic carbocycles. The van der Waals surface area contributed by atoms with Crippen LogP contribution in [0.5, 0.6) is 0 Å². The molecule has 0 aromatic heterocycles. The maximum absolute atomic E-state index is 13.7. The predicted molar refractivity (Wildman–Crippen MR) is 107 cm³/mol. The van der Waals surface area contributed by atoms with Gasteiger partial charge in [0.2, 0.25) is 0 Å². The van der Waals surface area contributed by atoms with Gasteiger partial charge in [0.25, 0.3) is 5.91 Å². The molecule has 1 saturated heterocycles. The van der Waals surface area contributed by atoms with Gasteiger partial charge in [0, 0.05) is 31.9 Å². The zero-order chi connectivity index (χ0) is 20.2. The van der Waals surface area contributed by atoms with Gasteiger partial charge >= 0.3 is 6.03 Å². The Balaban J connectivity index is 1.43. The van der Waals surface area contributed by atoms with Crippen LogP contribution in [-0.4, -0.2) is 49.2 Å². The lowest BCUT2D eigenvalue weighted by atomic mass is 9.97. The van der Waals surface area contributed by atoms with E-state index >= 15 is 0 Å². The van der Waals surface area contributed by atoms with E-state index in [9.17, 15) is 14.0 Å². The Morgan fingerprint density at radius 2 is 1.90 bits per heavy atom. The van der Waals surface area contributed by atoms with E-state index in [4.69, 9.17) is 4.74 Å². The lowest BCUT2D eigenvalue weighted by Crippen LogP contribution is -2.50. The van der Waals surface area contributed by atoms with Crippen molar-refractivity contribution in [2.75, 3.05) is 36.9 Å². The molecule has 3 N–H and O–H groups in total. The summed E-state index contributed by atoms with van der Waals surface area (Å²) in [5.41, 5.74) is 2.76. The van der Waals surface area contributed by atoms with E-state index in [0.29, 0.717) is 38.3 Å². The van der Waals surface area contributed by atoms with E-state index in [1.54, 1.807) is 17.0 Å². The number of nitrogens with zero attached hydrogens (tertiary/aromatic N) is 1. The molecule has 1 atom stereocenters. The number of carbonyl (C=O) groups is 2. The van der Waals surface area contributed by atoms with E-state index in [2.05, 4.69) is 16.0 Å². The van der Waals surface area contributed by atoms with Crippen LogP contribution in [0.2, 0.25) is 0 Å². The molecule has 0 spiro atoms. The van der Waals surface area contributed by atoms with Gasteiger partial charge in [0.15, 0.2) is 0 Å². The van der Waals surface area contributed by atoms with E-state index in [-0.39, 0.29) is 11.6 Å². The number of ether oxygens (including phenoxy) is 1. The Bertz CT molecular complexity index is 915. The highest BCUT2D eigenvalue weighted by atomic mass is 19.1. The predicted octanol–water partition coefficient (Wildman–Crippen LogP) is 2.34. The van der Waals surface area contributed by atoms with Crippen LogP contribution < -0.4 is 16.0 Å². The first-order chi connectivity index (χ1) is 14.1. The standard InChI is InChI=1S/C21H23FN4O3/c22-16-5-1-2-6-18(16)25-21(28)24-17-7-3-4-14-13-26(10-8-15(14)17)20(27)19-12-23-9-11-29-19/h1-7,19,23H,8-13H2,(H2,24,25,28). The average molecular weight is 398 g/mol. The number of urea groups is 1. The van der Waals surface area contributed by atoms with E-state index in [1.165, 1.54) is 12.1 Å². The number of amides is 3. The fourth-order valence-corrected chi connectivity index (χ4v) is 3.68. The van der Waals surface area contributed by atoms with Gasteiger partial charge < -0.3 is 25.6 Å². The van der Waals surface area contributed by atoms with Gasteiger partial charge in [-0.3, -0.25) is 4.79 Å². The zero-order valence-corrected chi connectivity index (χ0v) is 15.9. The molecular formula is C21H23FN4O3. The summed E-state index contributed by atoms with van der Waals surface area (Å²) in [4.78, 5) is 26.8. The zero-order valence-electron chi connectivity index (χ0n) is 15.9. The Labute approximate surface area is 168 Å². The fraction of sp³-hybridized carbons (Fsp3) is 0.333. The Morgan fingerprint density at radius 1 is 1.10 bits per heavy atom. The van der Waals surface area contributed by atoms with Gasteiger partial charge in [-0.15, -0.1) is 0 Å². The first kappa shape index (κ1) is 19.4. The maximum atomic E-state index is 13.7. The van der Waals surface area contributed by atoms with Crippen molar-refractivity contribution in [1.82, 2.24) is 10.2 Å². The van der Waals surface area contributed by atoms with Crippen molar-refractivity contribution in [1.29, 1.82) is 0 Å². The lowest BCUT2D eigenvalue weighted by Gasteiger charge is -2.34. The number of fused-ring (bicyclic) bond motifs is 1. The average Bonchev–Trinajstić information content (AvgIpc) is 2.75. The molecule has 29 heavy (non-hydrogen) atoms. The highest BCUT2D eigenvalue weighted by Gasteiger charge is 2.30. The summed E-state index contributed by atoms with van der Waals surface area (Å²) in [6.45, 7) is 2.85. The molecule has 0 bridgehead atoms. The molecule has 2 aliphatic heterocycles. The highest BCUT2D eigenvalue weighted by molar-refractivity contribution is 6.00. The van der Waals surface area contributed by atoms with Crippen molar-refractivity contribution in [3.8, 4) is 0 Å². The van der Waals surface area contributed by atoms with Crippen molar-refractivity contribution in [2.45, 2.75) is 19.1 Å². The normalized spacial score (nSPS) is 18.7. The number of hydrogen-bond acceptors (Lipinski definition) is 4. The lowest BCUT2D eigenvalue weighted by molar-refractivity contribution is -0.146. The number of anilines is 2. The van der Waals surface area contributed by atoms with Gasteiger partial charge in [0.05, 0.1) is 12.3 Å². The summed E-state index contributed by atoms with van der Waals surface area (Å²) >= 11 is 0. The van der Waals surface area contributed by atoms with Crippen LogP contribution in [0.1, 0.15) is 11.1 Å². The molecule has 7 nitrogen and oxygen atoms in total. The van der Waals surface area contributed by atoms with Gasteiger partial charge in [-0.05, 0) is 35.7 Å². The summed E-state index contributed by atoms with van der Waals surface area (Å²) in [5, 5.41) is 8.50. The first-order valence-electron chi connectivity index (χ1n) is 9.66. The SMILES string of the molecule is O=C(Nc1ccccc1F)Nc1cccc2c1CCN(C(=O)C1CNCCO1)C2. The van der Waals surface area contributed by atoms with E-state index in [0.717, 1.165) is 17.7 Å². The number of carbonyl (C=O) groups excluding carboxylic acids is 2. The molecule has 4 rings (SSSR count). The van der Waals surface area contributed by atoms with Crippen molar-refractivity contribution < 1.29 is 18.7 Å². The van der Waals surface area contributed by atoms with Crippen molar-refractivity contribution in [3.05, 3.63) is 59.4 Å². The molecule has 2 heterocycles. The number of hydrogen-bond donors (Lipinski definition) is 3. The maximum Gasteiger partial charge on any atom is 0.323 e. The smallest absolute Gasteiger partial charge is 0.323 e. The highest BCUT2D eigenvalue weighted by Crippen LogP contribution is 2.27. The molecule has 0 radical (unpaired) electrons. The Hall–Kier alpha value is -2.97. The Kier molecular flexibility index (Phi) is 5.73. The second-order valence-electron chi connectivity index (χ2n) is 7.08. The van der Waals surface area contributed by atoms with Gasteiger partial charge in [-0.2, -0.15) is 0 Å². The number of halogens is 1. The molecule has 0 aliphatic carbocycles. The minimum Gasteiger partial charge on any atom is -0.366 e. The molecule has 8 heteroatoms. The summed E-state index contributed by atoms with van der Waals surface area (Å²) in [7, 11) is 0. The van der Waals surface area contributed by atoms with Gasteiger partial charge in [-0.25, -0.2) is 9.18 Å². The van der Waals surface area contributed by atoms with Crippen LogP contribution in [0.3, 0.4) is 0 Å². The third-order valence-electron chi connectivity index (χ3n) is 5.15. The summed E-state index contributed by atoms with van der Waals surface area (Å²) in [6, 6.07) is 11.1. The van der Waals surface area contributed by atoms with E-state index < -0.39 is 18.0 Å². The third kappa shape index (κ3) is 4.38. The Morgan fingerprint density at radius 3 is 2.69 bits per heavy atom. The minimum absolute atomic E-state index is 0.0153. The van der Waals surface area contributed by atoms with Crippen LogP contribution in [0.25, 0.3) is 0 Å². The third-order valence-corrected chi connectivity index (χ3v) is 5.15. The summed E-state index contributed by atoms with van der Waals surface area (Å²) < 4.78 is 19.3. The summed E-state index contributed by atoms with van der Waals surface area (Å²) in [6.07, 6.45) is 0.176. The number of para-hydroxylation sites is 1. The van der Waals surface area contributed by atoms with E-state index in [1.807, 2.05) is 18.2 Å². The van der Waals surface area contributed by atoms with Gasteiger partial charge in [-0.1, -0.05) is 24.3 Å². The molecule has 0 saturated carbocycles. The van der Waals surface area contributed by atoms with Crippen molar-refractivity contribution >= 4 is 23.3 Å². The number of nitrogens with one attached hydrogen (secondary N) is 3. The molecule has 3 amide bonds. The van der Waals surface area contributed by atoms with Crippen LogP contribution in [-0.2, 0) is 22.5 Å². The van der Waals surface area contributed by atoms with Crippen LogP contribution >= 0.6 is 0 Å².